The quantitative estimate of drug-likeness (QED) is 0.610. The molecule has 0 fully saturated rings. The highest BCUT2D eigenvalue weighted by Gasteiger charge is 2.39. The minimum absolute atomic E-state index is 0.0253. The Hall–Kier alpha value is -1.85. The number of carbonyl (C=O) groups is 1. The van der Waals surface area contributed by atoms with E-state index in [2.05, 4.69) is 0 Å². The summed E-state index contributed by atoms with van der Waals surface area (Å²) in [6.07, 6.45) is -3.72. The van der Waals surface area contributed by atoms with E-state index in [0.717, 1.165) is 12.1 Å². The van der Waals surface area contributed by atoms with Crippen molar-refractivity contribution < 1.29 is 27.1 Å². The summed E-state index contributed by atoms with van der Waals surface area (Å²) in [5.74, 6) is -2.01. The number of fused-ring (bicyclic) bond motifs is 1. The molecule has 0 aromatic heterocycles. The molecule has 19 heavy (non-hydrogen) atoms. The molecule has 0 spiro atoms. The highest BCUT2D eigenvalue weighted by atomic mass is 19.4. The third kappa shape index (κ3) is 2.47. The molecule has 0 saturated carbocycles. The number of halogens is 4. The molecule has 0 saturated heterocycles. The second-order valence-electron chi connectivity index (χ2n) is 4.06. The van der Waals surface area contributed by atoms with E-state index < -0.39 is 23.5 Å². The van der Waals surface area contributed by atoms with E-state index in [1.54, 1.807) is 6.92 Å². The molecule has 0 bridgehead atoms. The Morgan fingerprint density at radius 3 is 2.63 bits per heavy atom. The maximum atomic E-state index is 13.4. The third-order valence-electron chi connectivity index (χ3n) is 2.81. The van der Waals surface area contributed by atoms with Crippen molar-refractivity contribution in [2.24, 2.45) is 0 Å². The molecule has 102 valence electrons. The Kier molecular flexibility index (Phi) is 3.34. The van der Waals surface area contributed by atoms with Crippen molar-refractivity contribution in [2.75, 3.05) is 6.61 Å². The van der Waals surface area contributed by atoms with Gasteiger partial charge >= 0.3 is 12.1 Å². The molecule has 0 N–H and O–H groups in total. The van der Waals surface area contributed by atoms with Crippen LogP contribution in [-0.4, -0.2) is 12.6 Å². The summed E-state index contributed by atoms with van der Waals surface area (Å²) in [5.41, 5.74) is -1.23. The fourth-order valence-corrected chi connectivity index (χ4v) is 2.03. The first kappa shape index (κ1) is 13.6. The zero-order chi connectivity index (χ0) is 14.2. The Labute approximate surface area is 106 Å². The van der Waals surface area contributed by atoms with Gasteiger partial charge in [-0.25, -0.2) is 9.18 Å². The smallest absolute Gasteiger partial charge is 0.419 e. The Balaban J connectivity index is 2.48. The standard InChI is InChI=1S/C13H10F4O2/c1-2-19-12(18)8-5-7-3-4-10(14)11(9(7)6-8)13(15,16)17/h3-4,6H,2,5H2,1H3. The predicted molar refractivity (Wildman–Crippen MR) is 59.7 cm³/mol. The van der Waals surface area contributed by atoms with Crippen LogP contribution < -0.4 is 0 Å². The highest BCUT2D eigenvalue weighted by molar-refractivity contribution is 5.97. The van der Waals surface area contributed by atoms with Gasteiger partial charge in [-0.15, -0.1) is 0 Å². The van der Waals surface area contributed by atoms with Crippen LogP contribution in [0.15, 0.2) is 17.7 Å². The molecule has 1 aromatic carbocycles. The van der Waals surface area contributed by atoms with E-state index in [4.69, 9.17) is 4.74 Å². The van der Waals surface area contributed by atoms with Gasteiger partial charge in [-0.2, -0.15) is 13.2 Å². The van der Waals surface area contributed by atoms with Crippen molar-refractivity contribution in [1.29, 1.82) is 0 Å². The molecule has 1 aliphatic rings. The number of ether oxygens (including phenoxy) is 1. The first-order chi connectivity index (χ1) is 8.84. The van der Waals surface area contributed by atoms with Crippen LogP contribution in [0.25, 0.3) is 6.08 Å². The molecular formula is C13H10F4O2. The number of esters is 1. The van der Waals surface area contributed by atoms with Gasteiger partial charge < -0.3 is 4.74 Å². The summed E-state index contributed by atoms with van der Waals surface area (Å²) in [5, 5.41) is 0. The Bertz CT molecular complexity index is 558. The lowest BCUT2D eigenvalue weighted by atomic mass is 10.0. The van der Waals surface area contributed by atoms with Crippen molar-refractivity contribution in [1.82, 2.24) is 0 Å². The van der Waals surface area contributed by atoms with Crippen LogP contribution in [0, 0.1) is 5.82 Å². The van der Waals surface area contributed by atoms with Gasteiger partial charge in [0.1, 0.15) is 5.82 Å². The molecule has 1 aromatic rings. The van der Waals surface area contributed by atoms with E-state index in [0.29, 0.717) is 0 Å². The summed E-state index contributed by atoms with van der Waals surface area (Å²) >= 11 is 0. The van der Waals surface area contributed by atoms with Gasteiger partial charge in [0, 0.05) is 12.0 Å². The average molecular weight is 274 g/mol. The topological polar surface area (TPSA) is 26.3 Å². The number of benzene rings is 1. The summed E-state index contributed by atoms with van der Waals surface area (Å²) < 4.78 is 56.5. The number of rotatable bonds is 2. The summed E-state index contributed by atoms with van der Waals surface area (Å²) in [7, 11) is 0. The van der Waals surface area contributed by atoms with Crippen molar-refractivity contribution in [3.63, 3.8) is 0 Å². The highest BCUT2D eigenvalue weighted by Crippen LogP contribution is 2.39. The SMILES string of the molecule is CCOC(=O)C1=Cc2c(ccc(F)c2C(F)(F)F)C1. The summed E-state index contributed by atoms with van der Waals surface area (Å²) in [4.78, 5) is 11.5. The lowest BCUT2D eigenvalue weighted by Crippen LogP contribution is -2.11. The largest absolute Gasteiger partial charge is 0.463 e. The van der Waals surface area contributed by atoms with Gasteiger partial charge in [0.25, 0.3) is 0 Å². The van der Waals surface area contributed by atoms with Crippen molar-refractivity contribution in [2.45, 2.75) is 19.5 Å². The number of hydrogen-bond acceptors (Lipinski definition) is 2. The molecule has 0 radical (unpaired) electrons. The predicted octanol–water partition coefficient (Wildman–Crippen LogP) is 3.35. The molecule has 0 amide bonds. The van der Waals surface area contributed by atoms with Gasteiger partial charge in [0.05, 0.1) is 12.2 Å². The van der Waals surface area contributed by atoms with Crippen LogP contribution >= 0.6 is 0 Å². The molecule has 0 aliphatic heterocycles. The second kappa shape index (κ2) is 4.68. The number of carbonyl (C=O) groups excluding carboxylic acids is 1. The Morgan fingerprint density at radius 2 is 2.05 bits per heavy atom. The van der Waals surface area contributed by atoms with Crippen LogP contribution in [-0.2, 0) is 22.1 Å². The average Bonchev–Trinajstić information content (AvgIpc) is 2.70. The zero-order valence-electron chi connectivity index (χ0n) is 9.97. The fourth-order valence-electron chi connectivity index (χ4n) is 2.03. The zero-order valence-corrected chi connectivity index (χ0v) is 9.97. The van der Waals surface area contributed by atoms with Gasteiger partial charge in [0.2, 0.25) is 0 Å². The van der Waals surface area contributed by atoms with E-state index in [1.807, 2.05) is 0 Å². The maximum Gasteiger partial charge on any atom is 0.419 e. The lowest BCUT2D eigenvalue weighted by Gasteiger charge is -2.12. The minimum Gasteiger partial charge on any atom is -0.463 e. The molecule has 0 unspecified atom stereocenters. The van der Waals surface area contributed by atoms with E-state index >= 15 is 0 Å². The van der Waals surface area contributed by atoms with Gasteiger partial charge in [-0.3, -0.25) is 0 Å². The molecule has 0 heterocycles. The van der Waals surface area contributed by atoms with Gasteiger partial charge in [-0.05, 0) is 30.2 Å². The van der Waals surface area contributed by atoms with Gasteiger partial charge in [0.15, 0.2) is 0 Å². The molecule has 1 aliphatic carbocycles. The fraction of sp³-hybridized carbons (Fsp3) is 0.308. The van der Waals surface area contributed by atoms with Crippen LogP contribution in [0.4, 0.5) is 17.6 Å². The monoisotopic (exact) mass is 274 g/mol. The van der Waals surface area contributed by atoms with Crippen LogP contribution in [0.5, 0.6) is 0 Å². The molecule has 0 atom stereocenters. The molecule has 2 rings (SSSR count). The van der Waals surface area contributed by atoms with Crippen LogP contribution in [0.1, 0.15) is 23.6 Å². The lowest BCUT2D eigenvalue weighted by molar-refractivity contribution is -0.140. The number of alkyl halides is 3. The van der Waals surface area contributed by atoms with E-state index in [9.17, 15) is 22.4 Å². The van der Waals surface area contributed by atoms with E-state index in [1.165, 1.54) is 6.07 Å². The first-order valence-electron chi connectivity index (χ1n) is 5.61. The van der Waals surface area contributed by atoms with Gasteiger partial charge in [-0.1, -0.05) is 6.07 Å². The van der Waals surface area contributed by atoms with E-state index in [-0.39, 0.29) is 29.7 Å². The van der Waals surface area contributed by atoms with Crippen LogP contribution in [0.3, 0.4) is 0 Å². The van der Waals surface area contributed by atoms with Crippen LogP contribution in [0.2, 0.25) is 0 Å². The molecular weight excluding hydrogens is 264 g/mol. The molecule has 6 heteroatoms. The Morgan fingerprint density at radius 1 is 1.37 bits per heavy atom. The second-order valence-corrected chi connectivity index (χ2v) is 4.06. The number of hydrogen-bond donors (Lipinski definition) is 0. The summed E-state index contributed by atoms with van der Waals surface area (Å²) in [6, 6.07) is 2.02. The molecule has 2 nitrogen and oxygen atoms in total. The summed E-state index contributed by atoms with van der Waals surface area (Å²) in [6.45, 7) is 1.73. The van der Waals surface area contributed by atoms with Crippen molar-refractivity contribution in [3.8, 4) is 0 Å². The normalized spacial score (nSPS) is 14.1. The third-order valence-corrected chi connectivity index (χ3v) is 2.81. The first-order valence-corrected chi connectivity index (χ1v) is 5.61. The van der Waals surface area contributed by atoms with Crippen molar-refractivity contribution >= 4 is 12.0 Å². The van der Waals surface area contributed by atoms with Crippen molar-refractivity contribution in [3.05, 3.63) is 40.2 Å². The minimum atomic E-state index is -4.80. The maximum absolute atomic E-state index is 13.4.